The van der Waals surface area contributed by atoms with Gasteiger partial charge in [0.15, 0.2) is 17.4 Å². The van der Waals surface area contributed by atoms with Crippen LogP contribution >= 0.6 is 0 Å². The van der Waals surface area contributed by atoms with E-state index in [1.54, 1.807) is 6.07 Å². The van der Waals surface area contributed by atoms with Gasteiger partial charge in [0.1, 0.15) is 0 Å². The molecule has 0 spiro atoms. The van der Waals surface area contributed by atoms with Gasteiger partial charge in [0.25, 0.3) is 0 Å². The molecule has 0 unspecified atom stereocenters. The van der Waals surface area contributed by atoms with Crippen LogP contribution in [0.4, 0.5) is 8.78 Å². The molecule has 4 aromatic carbocycles. The molecule has 0 radical (unpaired) electrons. The number of carbonyl (C=O) groups is 1. The molecule has 50 heavy (non-hydrogen) atoms. The molecule has 0 aliphatic heterocycles. The zero-order valence-electron chi connectivity index (χ0n) is 28.8. The number of hydrogen-bond acceptors (Lipinski definition) is 5. The van der Waals surface area contributed by atoms with Crippen LogP contribution in [0.25, 0.3) is 10.8 Å². The van der Waals surface area contributed by atoms with Gasteiger partial charge in [-0.15, -0.1) is 0 Å². The summed E-state index contributed by atoms with van der Waals surface area (Å²) in [5.41, 5.74) is 1.30. The van der Waals surface area contributed by atoms with Gasteiger partial charge in [-0.1, -0.05) is 73.2 Å². The fourth-order valence-corrected chi connectivity index (χ4v) is 9.01. The van der Waals surface area contributed by atoms with Crippen LogP contribution < -0.4 is 0 Å². The van der Waals surface area contributed by atoms with E-state index in [1.807, 2.05) is 68.4 Å². The number of ketones is 1. The van der Waals surface area contributed by atoms with Gasteiger partial charge in [-0.2, -0.15) is 4.31 Å². The van der Waals surface area contributed by atoms with Crippen molar-refractivity contribution in [2.45, 2.75) is 83.0 Å². The number of allylic oxidation sites excluding steroid dienone is 2. The molecule has 0 saturated heterocycles. The Kier molecular flexibility index (Phi) is 10.2. The second-order valence-electron chi connectivity index (χ2n) is 14.6. The Morgan fingerprint density at radius 1 is 0.960 bits per heavy atom. The van der Waals surface area contributed by atoms with E-state index in [-0.39, 0.29) is 31.0 Å². The van der Waals surface area contributed by atoms with E-state index < -0.39 is 44.6 Å². The van der Waals surface area contributed by atoms with Crippen molar-refractivity contribution in [3.63, 3.8) is 0 Å². The molecule has 0 heterocycles. The van der Waals surface area contributed by atoms with Crippen LogP contribution in [-0.4, -0.2) is 53.2 Å². The molecule has 0 amide bonds. The van der Waals surface area contributed by atoms with Crippen LogP contribution in [0.1, 0.15) is 90.9 Å². The molecule has 1 saturated carbocycles. The molecule has 6 nitrogen and oxygen atoms in total. The molecular weight excluding hydrogens is 657 g/mol. The maximum absolute atomic E-state index is 14.4. The highest BCUT2D eigenvalue weighted by Crippen LogP contribution is 2.59. The molecule has 3 aliphatic rings. The summed E-state index contributed by atoms with van der Waals surface area (Å²) in [4.78, 5) is 14.1. The van der Waals surface area contributed by atoms with E-state index in [0.717, 1.165) is 39.6 Å². The predicted octanol–water partition coefficient (Wildman–Crippen LogP) is 7.85. The second-order valence-corrected chi connectivity index (χ2v) is 16.6. The summed E-state index contributed by atoms with van der Waals surface area (Å²) in [6.07, 6.45) is 6.04. The highest BCUT2D eigenvalue weighted by atomic mass is 32.2. The minimum Gasteiger partial charge on any atom is -0.393 e. The van der Waals surface area contributed by atoms with Gasteiger partial charge in [0.2, 0.25) is 10.0 Å². The first-order valence-electron chi connectivity index (χ1n) is 17.3. The number of rotatable bonds is 7. The third kappa shape index (κ3) is 7.19. The van der Waals surface area contributed by atoms with Crippen molar-refractivity contribution in [2.24, 2.45) is 5.41 Å². The molecular formula is C41H45F2NO5S. The van der Waals surface area contributed by atoms with Crippen LogP contribution in [0.2, 0.25) is 0 Å². The first-order chi connectivity index (χ1) is 23.7. The molecule has 2 bridgehead atoms. The summed E-state index contributed by atoms with van der Waals surface area (Å²) >= 11 is 0. The van der Waals surface area contributed by atoms with E-state index >= 15 is 0 Å². The lowest BCUT2D eigenvalue weighted by atomic mass is 9.64. The highest BCUT2D eigenvalue weighted by Gasteiger charge is 2.58. The van der Waals surface area contributed by atoms with Crippen molar-refractivity contribution in [3.05, 3.63) is 130 Å². The SMILES string of the molecule is CC1=CCC[C@@]2(C)[C@@H](CC[C@@]2(O)CN(Cc2cccc3ccccc23)S(C)(=O)=O)c2ccc(cc2C(=O)c2ccc(F)c(F)c2)C[C@@H](O)CC1. The molecule has 2 N–H and O–H groups in total. The number of aliphatic hydroxyl groups excluding tert-OH is 1. The van der Waals surface area contributed by atoms with Crippen molar-refractivity contribution >= 4 is 26.6 Å². The second kappa shape index (κ2) is 14.1. The zero-order chi connectivity index (χ0) is 35.8. The third-order valence-corrected chi connectivity index (χ3v) is 12.4. The maximum atomic E-state index is 14.4. The van der Waals surface area contributed by atoms with Gasteiger partial charge in [0, 0.05) is 29.6 Å². The molecule has 264 valence electrons. The molecule has 7 rings (SSSR count). The van der Waals surface area contributed by atoms with Crippen LogP contribution in [0.5, 0.6) is 0 Å². The number of carbonyl (C=O) groups excluding carboxylic acids is 1. The number of benzene rings is 4. The van der Waals surface area contributed by atoms with Gasteiger partial charge in [0.05, 0.1) is 18.0 Å². The Morgan fingerprint density at radius 2 is 1.72 bits per heavy atom. The van der Waals surface area contributed by atoms with Gasteiger partial charge in [-0.25, -0.2) is 17.2 Å². The van der Waals surface area contributed by atoms with Crippen LogP contribution in [-0.2, 0) is 23.0 Å². The predicted molar refractivity (Wildman–Crippen MR) is 192 cm³/mol. The molecule has 4 aromatic rings. The monoisotopic (exact) mass is 701 g/mol. The van der Waals surface area contributed by atoms with Crippen molar-refractivity contribution < 1.29 is 32.2 Å². The number of aliphatic hydroxyl groups is 2. The van der Waals surface area contributed by atoms with E-state index in [1.165, 1.54) is 16.6 Å². The lowest BCUT2D eigenvalue weighted by Gasteiger charge is -2.45. The van der Waals surface area contributed by atoms with Gasteiger partial charge >= 0.3 is 0 Å². The summed E-state index contributed by atoms with van der Waals surface area (Å²) in [5.74, 6) is -3.03. The Morgan fingerprint density at radius 3 is 2.48 bits per heavy atom. The van der Waals surface area contributed by atoms with Crippen molar-refractivity contribution in [3.8, 4) is 0 Å². The van der Waals surface area contributed by atoms with E-state index in [9.17, 15) is 32.2 Å². The fourth-order valence-electron chi connectivity index (χ4n) is 8.19. The van der Waals surface area contributed by atoms with Gasteiger partial charge < -0.3 is 10.2 Å². The standard InChI is InChI=1S/C41H45F2NO5S/c1-27-8-7-20-40(2)36(19-21-41(40,47)26-44(50(3,48)49)25-31-11-6-10-29-9-4-5-12-33(29)31)34-17-14-28(22-32(45)16-13-27)23-35(34)39(46)30-15-18-37(42)38(43)24-30/h4-6,8-12,14-15,17-18,23-24,32,36,45,47H,7,13,16,19-22,25-26H2,1-3H3/t32-,36-,40-,41+/m0/s1. The van der Waals surface area contributed by atoms with Crippen molar-refractivity contribution in [1.29, 1.82) is 0 Å². The molecule has 0 aromatic heterocycles. The number of hydrogen-bond donors (Lipinski definition) is 2. The lowest BCUT2D eigenvalue weighted by molar-refractivity contribution is -0.0730. The fraction of sp³-hybridized carbons (Fsp3) is 0.390. The zero-order valence-corrected chi connectivity index (χ0v) is 29.6. The van der Waals surface area contributed by atoms with Gasteiger partial charge in [-0.3, -0.25) is 4.79 Å². The number of fused-ring (bicyclic) bond motifs is 9. The molecule has 3 aliphatic carbocycles. The first kappa shape index (κ1) is 36.0. The number of sulfonamides is 1. The largest absolute Gasteiger partial charge is 0.393 e. The van der Waals surface area contributed by atoms with Gasteiger partial charge in [-0.05, 0) is 110 Å². The minimum atomic E-state index is -3.78. The van der Waals surface area contributed by atoms with Crippen LogP contribution in [0.15, 0.2) is 90.5 Å². The maximum Gasteiger partial charge on any atom is 0.211 e. The van der Waals surface area contributed by atoms with Crippen LogP contribution in [0, 0.1) is 17.0 Å². The topological polar surface area (TPSA) is 94.9 Å². The smallest absolute Gasteiger partial charge is 0.211 e. The lowest BCUT2D eigenvalue weighted by Crippen LogP contribution is -2.53. The quantitative estimate of drug-likeness (QED) is 0.151. The molecule has 4 atom stereocenters. The summed E-state index contributed by atoms with van der Waals surface area (Å²) in [7, 11) is -3.78. The average molecular weight is 702 g/mol. The number of halogens is 2. The van der Waals surface area contributed by atoms with E-state index in [2.05, 4.69) is 6.08 Å². The van der Waals surface area contributed by atoms with Crippen molar-refractivity contribution in [2.75, 3.05) is 12.8 Å². The van der Waals surface area contributed by atoms with Crippen molar-refractivity contribution in [1.82, 2.24) is 4.31 Å². The highest BCUT2D eigenvalue weighted by molar-refractivity contribution is 7.88. The summed E-state index contributed by atoms with van der Waals surface area (Å²) in [6, 6.07) is 22.2. The Balaban J connectivity index is 1.45. The minimum absolute atomic E-state index is 0.00387. The summed E-state index contributed by atoms with van der Waals surface area (Å²) in [6.45, 7) is 3.96. The summed E-state index contributed by atoms with van der Waals surface area (Å²) < 4.78 is 56.5. The van der Waals surface area contributed by atoms with E-state index in [4.69, 9.17) is 0 Å². The Labute approximate surface area is 293 Å². The summed E-state index contributed by atoms with van der Waals surface area (Å²) in [5, 5.41) is 25.6. The Hall–Kier alpha value is -3.76. The Bertz CT molecular complexity index is 2060. The van der Waals surface area contributed by atoms with Crippen LogP contribution in [0.3, 0.4) is 0 Å². The molecule has 9 heteroatoms. The van der Waals surface area contributed by atoms with E-state index in [0.29, 0.717) is 49.7 Å². The first-order valence-corrected chi connectivity index (χ1v) is 19.1. The molecule has 1 fully saturated rings. The number of nitrogens with zero attached hydrogens (tertiary/aromatic N) is 1. The normalized spacial score (nSPS) is 24.6. The average Bonchev–Trinajstić information content (AvgIpc) is 3.33. The third-order valence-electron chi connectivity index (χ3n) is 11.2.